The lowest BCUT2D eigenvalue weighted by molar-refractivity contribution is -0.145. The lowest BCUT2D eigenvalue weighted by Gasteiger charge is -2.38. The van der Waals surface area contributed by atoms with E-state index >= 15 is 0 Å². The van der Waals surface area contributed by atoms with Crippen molar-refractivity contribution in [3.8, 4) is 0 Å². The van der Waals surface area contributed by atoms with E-state index in [0.29, 0.717) is 19.8 Å². The quantitative estimate of drug-likeness (QED) is 0.675. The van der Waals surface area contributed by atoms with Gasteiger partial charge in [-0.1, -0.05) is 20.8 Å². The van der Waals surface area contributed by atoms with Gasteiger partial charge in [-0.3, -0.25) is 4.79 Å². The normalized spacial score (nSPS) is 24.3. The van der Waals surface area contributed by atoms with E-state index in [9.17, 15) is 9.90 Å². The number of hydrogen-bond donors (Lipinski definition) is 2. The molecule has 3 N–H and O–H groups in total. The molecule has 1 aliphatic rings. The van der Waals surface area contributed by atoms with Crippen molar-refractivity contribution < 1.29 is 14.6 Å². The topological polar surface area (TPSA) is 75.8 Å². The number of carbonyl (C=O) groups excluding carboxylic acids is 1. The minimum Gasteiger partial charge on any atom is -0.394 e. The lowest BCUT2D eigenvalue weighted by Crippen LogP contribution is -2.58. The monoisotopic (exact) mass is 230 g/mol. The first-order chi connectivity index (χ1) is 7.38. The van der Waals surface area contributed by atoms with Crippen LogP contribution in [0.15, 0.2) is 0 Å². The molecular formula is C11H22N2O3. The van der Waals surface area contributed by atoms with Gasteiger partial charge < -0.3 is 20.5 Å². The summed E-state index contributed by atoms with van der Waals surface area (Å²) < 4.78 is 5.22. The Morgan fingerprint density at radius 1 is 1.62 bits per heavy atom. The Balaban J connectivity index is 2.71. The number of aliphatic hydroxyl groups is 1. The largest absolute Gasteiger partial charge is 0.394 e. The van der Waals surface area contributed by atoms with E-state index in [1.165, 1.54) is 0 Å². The minimum absolute atomic E-state index is 0.0808. The Morgan fingerprint density at radius 3 is 2.75 bits per heavy atom. The summed E-state index contributed by atoms with van der Waals surface area (Å²) in [5.74, 6) is -0.102. The molecule has 1 aliphatic heterocycles. The maximum atomic E-state index is 12.1. The van der Waals surface area contributed by atoms with Gasteiger partial charge in [-0.2, -0.15) is 0 Å². The Labute approximate surface area is 96.6 Å². The molecule has 1 heterocycles. The third-order valence-corrected chi connectivity index (χ3v) is 2.92. The van der Waals surface area contributed by atoms with Crippen LogP contribution in [-0.4, -0.2) is 54.4 Å². The molecule has 2 atom stereocenters. The molecule has 1 saturated heterocycles. The standard InChI is InChI=1S/C11H22N2O3/c1-11(2,3)9(12)10(15)13-4-5-16-7-8(13)6-14/h8-9,14H,4-7,12H2,1-3H3. The van der Waals surface area contributed by atoms with Crippen molar-refractivity contribution in [2.75, 3.05) is 26.4 Å². The summed E-state index contributed by atoms with van der Waals surface area (Å²) in [5.41, 5.74) is 5.66. The van der Waals surface area contributed by atoms with Crippen molar-refractivity contribution >= 4 is 5.91 Å². The second-order valence-corrected chi connectivity index (χ2v) is 5.29. The van der Waals surface area contributed by atoms with Crippen molar-refractivity contribution in [3.05, 3.63) is 0 Å². The third-order valence-electron chi connectivity index (χ3n) is 2.92. The van der Waals surface area contributed by atoms with E-state index in [2.05, 4.69) is 0 Å². The van der Waals surface area contributed by atoms with Crippen LogP contribution in [0, 0.1) is 5.41 Å². The zero-order valence-corrected chi connectivity index (χ0v) is 10.3. The summed E-state index contributed by atoms with van der Waals surface area (Å²) in [6.45, 7) is 7.13. The van der Waals surface area contributed by atoms with Gasteiger partial charge in [-0.15, -0.1) is 0 Å². The molecule has 0 bridgehead atoms. The minimum atomic E-state index is -0.542. The van der Waals surface area contributed by atoms with Gasteiger partial charge in [-0.25, -0.2) is 0 Å². The molecule has 1 amide bonds. The van der Waals surface area contributed by atoms with Gasteiger partial charge in [0, 0.05) is 6.54 Å². The van der Waals surface area contributed by atoms with E-state index in [1.54, 1.807) is 4.90 Å². The van der Waals surface area contributed by atoms with Gasteiger partial charge in [0.1, 0.15) is 0 Å². The number of rotatable bonds is 2. The maximum absolute atomic E-state index is 12.1. The van der Waals surface area contributed by atoms with Crippen LogP contribution in [0.2, 0.25) is 0 Å². The second kappa shape index (κ2) is 5.12. The van der Waals surface area contributed by atoms with Crippen LogP contribution in [-0.2, 0) is 9.53 Å². The van der Waals surface area contributed by atoms with Gasteiger partial charge in [-0.05, 0) is 5.41 Å². The first-order valence-electron chi connectivity index (χ1n) is 5.62. The van der Waals surface area contributed by atoms with E-state index < -0.39 is 6.04 Å². The number of carbonyl (C=O) groups is 1. The fourth-order valence-corrected chi connectivity index (χ4v) is 1.65. The molecule has 0 spiro atoms. The Morgan fingerprint density at radius 2 is 2.25 bits per heavy atom. The molecule has 16 heavy (non-hydrogen) atoms. The zero-order chi connectivity index (χ0) is 12.3. The molecule has 0 radical (unpaired) electrons. The Hall–Kier alpha value is -0.650. The van der Waals surface area contributed by atoms with Crippen LogP contribution < -0.4 is 5.73 Å². The molecule has 5 heteroatoms. The van der Waals surface area contributed by atoms with Crippen LogP contribution in [0.1, 0.15) is 20.8 Å². The van der Waals surface area contributed by atoms with E-state index in [1.807, 2.05) is 20.8 Å². The summed E-state index contributed by atoms with van der Waals surface area (Å²) >= 11 is 0. The number of hydrogen-bond acceptors (Lipinski definition) is 4. The number of nitrogens with two attached hydrogens (primary N) is 1. The number of ether oxygens (including phenoxy) is 1. The highest BCUT2D eigenvalue weighted by molar-refractivity contribution is 5.82. The predicted octanol–water partition coefficient (Wildman–Crippen LogP) is -0.420. The molecule has 5 nitrogen and oxygen atoms in total. The summed E-state index contributed by atoms with van der Waals surface area (Å²) in [4.78, 5) is 13.8. The average Bonchev–Trinajstić information content (AvgIpc) is 2.25. The predicted molar refractivity (Wildman–Crippen MR) is 60.8 cm³/mol. The zero-order valence-electron chi connectivity index (χ0n) is 10.3. The second-order valence-electron chi connectivity index (χ2n) is 5.29. The smallest absolute Gasteiger partial charge is 0.240 e. The molecule has 0 aromatic carbocycles. The van der Waals surface area contributed by atoms with E-state index in [0.717, 1.165) is 0 Å². The Kier molecular flexibility index (Phi) is 4.29. The number of amides is 1. The van der Waals surface area contributed by atoms with Crippen molar-refractivity contribution in [2.45, 2.75) is 32.9 Å². The van der Waals surface area contributed by atoms with Crippen LogP contribution in [0.4, 0.5) is 0 Å². The van der Waals surface area contributed by atoms with Crippen LogP contribution in [0.3, 0.4) is 0 Å². The van der Waals surface area contributed by atoms with Crippen molar-refractivity contribution in [1.82, 2.24) is 4.90 Å². The number of aliphatic hydroxyl groups excluding tert-OH is 1. The van der Waals surface area contributed by atoms with Crippen molar-refractivity contribution in [1.29, 1.82) is 0 Å². The first-order valence-corrected chi connectivity index (χ1v) is 5.62. The van der Waals surface area contributed by atoms with Gasteiger partial charge in [0.05, 0.1) is 31.9 Å². The van der Waals surface area contributed by atoms with Crippen LogP contribution in [0.25, 0.3) is 0 Å². The maximum Gasteiger partial charge on any atom is 0.240 e. The lowest BCUT2D eigenvalue weighted by atomic mass is 9.86. The summed E-state index contributed by atoms with van der Waals surface area (Å²) in [6, 6.07) is -0.797. The molecule has 1 fully saturated rings. The molecule has 1 rings (SSSR count). The molecule has 0 aliphatic carbocycles. The van der Waals surface area contributed by atoms with Crippen molar-refractivity contribution in [2.24, 2.45) is 11.1 Å². The highest BCUT2D eigenvalue weighted by Gasteiger charge is 2.35. The fourth-order valence-electron chi connectivity index (χ4n) is 1.65. The van der Waals surface area contributed by atoms with Gasteiger partial charge in [0.15, 0.2) is 0 Å². The van der Waals surface area contributed by atoms with Crippen LogP contribution >= 0.6 is 0 Å². The third kappa shape index (κ3) is 2.93. The van der Waals surface area contributed by atoms with Crippen LogP contribution in [0.5, 0.6) is 0 Å². The average molecular weight is 230 g/mol. The van der Waals surface area contributed by atoms with E-state index in [4.69, 9.17) is 10.5 Å². The van der Waals surface area contributed by atoms with Crippen molar-refractivity contribution in [3.63, 3.8) is 0 Å². The summed E-state index contributed by atoms with van der Waals surface area (Å²) in [5, 5.41) is 9.18. The van der Waals surface area contributed by atoms with Gasteiger partial charge in [0.2, 0.25) is 5.91 Å². The van der Waals surface area contributed by atoms with Gasteiger partial charge >= 0.3 is 0 Å². The van der Waals surface area contributed by atoms with Gasteiger partial charge in [0.25, 0.3) is 0 Å². The number of nitrogens with zero attached hydrogens (tertiary/aromatic N) is 1. The molecule has 0 saturated carbocycles. The summed E-state index contributed by atoms with van der Waals surface area (Å²) in [7, 11) is 0. The molecular weight excluding hydrogens is 208 g/mol. The fraction of sp³-hybridized carbons (Fsp3) is 0.909. The van der Waals surface area contributed by atoms with E-state index in [-0.39, 0.29) is 24.0 Å². The number of morpholine rings is 1. The highest BCUT2D eigenvalue weighted by Crippen LogP contribution is 2.20. The molecule has 2 unspecified atom stereocenters. The Bertz CT molecular complexity index is 250. The highest BCUT2D eigenvalue weighted by atomic mass is 16.5. The first kappa shape index (κ1) is 13.4. The molecule has 0 aromatic heterocycles. The SMILES string of the molecule is CC(C)(C)C(N)C(=O)N1CCOCC1CO. The summed E-state index contributed by atoms with van der Waals surface area (Å²) in [6.07, 6.45) is 0. The molecule has 94 valence electrons. The molecule has 0 aromatic rings.